The molecule has 0 bridgehead atoms. The third-order valence-electron chi connectivity index (χ3n) is 5.98. The van der Waals surface area contributed by atoms with E-state index >= 15 is 0 Å². The van der Waals surface area contributed by atoms with Gasteiger partial charge in [-0.15, -0.1) is 11.3 Å². The Labute approximate surface area is 199 Å². The largest absolute Gasteiger partial charge is 0.481 e. The molecule has 1 aromatic heterocycles. The van der Waals surface area contributed by atoms with Crippen LogP contribution in [0.3, 0.4) is 0 Å². The molecule has 0 fully saturated rings. The number of benzene rings is 1. The lowest BCUT2D eigenvalue weighted by Crippen LogP contribution is -2.27. The second kappa shape index (κ2) is 9.77. The molecular formula is C24H27F3N2O4S. The van der Waals surface area contributed by atoms with Crippen LogP contribution >= 0.6 is 11.3 Å². The van der Waals surface area contributed by atoms with Crippen LogP contribution in [0, 0.1) is 11.3 Å². The van der Waals surface area contributed by atoms with Crippen molar-refractivity contribution in [1.29, 1.82) is 0 Å². The van der Waals surface area contributed by atoms with E-state index < -0.39 is 29.5 Å². The maximum Gasteiger partial charge on any atom is 0.416 e. The normalized spacial score (nSPS) is 16.0. The Hall–Kier alpha value is -2.88. The molecule has 6 nitrogen and oxygen atoms in total. The zero-order valence-corrected chi connectivity index (χ0v) is 20.0. The minimum Gasteiger partial charge on any atom is -0.481 e. The molecule has 0 saturated carbocycles. The number of amides is 2. The summed E-state index contributed by atoms with van der Waals surface area (Å²) >= 11 is 1.27. The highest BCUT2D eigenvalue weighted by molar-refractivity contribution is 7.17. The van der Waals surface area contributed by atoms with Gasteiger partial charge < -0.3 is 15.7 Å². The molecule has 0 saturated heterocycles. The highest BCUT2D eigenvalue weighted by Crippen LogP contribution is 2.44. The van der Waals surface area contributed by atoms with Crippen LogP contribution in [-0.2, 0) is 28.6 Å². The number of rotatable bonds is 6. The molecule has 1 aliphatic carbocycles. The Kier molecular flexibility index (Phi) is 7.40. The first-order valence-corrected chi connectivity index (χ1v) is 11.7. The van der Waals surface area contributed by atoms with Crippen LogP contribution < -0.4 is 10.6 Å². The molecular weight excluding hydrogens is 469 g/mol. The zero-order chi connectivity index (χ0) is 25.3. The Morgan fingerprint density at radius 1 is 1.12 bits per heavy atom. The summed E-state index contributed by atoms with van der Waals surface area (Å²) in [6.45, 7) is 6.43. The minimum atomic E-state index is -4.55. The average molecular weight is 497 g/mol. The number of carbonyl (C=O) groups is 3. The van der Waals surface area contributed by atoms with E-state index in [1.54, 1.807) is 0 Å². The predicted molar refractivity (Wildman–Crippen MR) is 124 cm³/mol. The maximum atomic E-state index is 13.2. The highest BCUT2D eigenvalue weighted by Gasteiger charge is 2.34. The SMILES string of the molecule is CC(C)(C)C1CCc2c(sc(NC(=O)CCC(=O)O)c2C(=O)Nc2cccc(C(F)(F)F)c2)C1. The van der Waals surface area contributed by atoms with Crippen molar-refractivity contribution < 1.29 is 32.7 Å². The molecule has 184 valence electrons. The van der Waals surface area contributed by atoms with Crippen molar-refractivity contribution >= 4 is 39.8 Å². The summed E-state index contributed by atoms with van der Waals surface area (Å²) in [5.74, 6) is -1.90. The topological polar surface area (TPSA) is 95.5 Å². The maximum absolute atomic E-state index is 13.2. The predicted octanol–water partition coefficient (Wildman–Crippen LogP) is 5.97. The summed E-state index contributed by atoms with van der Waals surface area (Å²) < 4.78 is 39.2. The number of aliphatic carboxylic acids is 1. The molecule has 34 heavy (non-hydrogen) atoms. The summed E-state index contributed by atoms with van der Waals surface area (Å²) in [5.41, 5.74) is 0.170. The number of anilines is 2. The first kappa shape index (κ1) is 25.7. The smallest absolute Gasteiger partial charge is 0.416 e. The van der Waals surface area contributed by atoms with Crippen molar-refractivity contribution in [2.45, 2.75) is 59.1 Å². The van der Waals surface area contributed by atoms with Crippen molar-refractivity contribution in [3.63, 3.8) is 0 Å². The zero-order valence-electron chi connectivity index (χ0n) is 19.1. The molecule has 0 radical (unpaired) electrons. The Balaban J connectivity index is 1.93. The third-order valence-corrected chi connectivity index (χ3v) is 7.15. The van der Waals surface area contributed by atoms with Gasteiger partial charge in [-0.1, -0.05) is 26.8 Å². The molecule has 10 heteroatoms. The standard InChI is InChI=1S/C24H27F3N2O4S/c1-23(2,3)13-7-8-16-17(12-13)34-22(29-18(30)9-10-19(31)32)20(16)21(33)28-15-6-4-5-14(11-15)24(25,26)27/h4-6,11,13H,7-10,12H2,1-3H3,(H,28,33)(H,29,30)(H,31,32). The lowest BCUT2D eigenvalue weighted by Gasteiger charge is -2.33. The fraction of sp³-hybridized carbons (Fsp3) is 0.458. The van der Waals surface area contributed by atoms with Crippen molar-refractivity contribution in [1.82, 2.24) is 0 Å². The number of halogens is 3. The fourth-order valence-corrected chi connectivity index (χ4v) is 5.37. The van der Waals surface area contributed by atoms with Gasteiger partial charge in [0.1, 0.15) is 5.00 Å². The van der Waals surface area contributed by atoms with Gasteiger partial charge in [-0.25, -0.2) is 0 Å². The van der Waals surface area contributed by atoms with Gasteiger partial charge in [0, 0.05) is 17.0 Å². The molecule has 2 aromatic rings. The molecule has 1 unspecified atom stereocenters. The monoisotopic (exact) mass is 496 g/mol. The number of carboxylic acid groups (broad SMARTS) is 1. The van der Waals surface area contributed by atoms with Crippen LogP contribution in [0.1, 0.15) is 66.4 Å². The van der Waals surface area contributed by atoms with Crippen LogP contribution in [0.5, 0.6) is 0 Å². The van der Waals surface area contributed by atoms with Gasteiger partial charge in [0.25, 0.3) is 5.91 Å². The Morgan fingerprint density at radius 3 is 2.44 bits per heavy atom. The first-order valence-electron chi connectivity index (χ1n) is 10.9. The van der Waals surface area contributed by atoms with Gasteiger partial charge in [-0.2, -0.15) is 13.2 Å². The van der Waals surface area contributed by atoms with Crippen molar-refractivity contribution in [3.05, 3.63) is 45.8 Å². The number of nitrogens with one attached hydrogen (secondary N) is 2. The molecule has 1 atom stereocenters. The van der Waals surface area contributed by atoms with Crippen molar-refractivity contribution in [3.8, 4) is 0 Å². The van der Waals surface area contributed by atoms with Crippen LogP contribution in [-0.4, -0.2) is 22.9 Å². The number of fused-ring (bicyclic) bond motifs is 1. The van der Waals surface area contributed by atoms with Gasteiger partial charge in [-0.3, -0.25) is 14.4 Å². The van der Waals surface area contributed by atoms with E-state index in [0.717, 1.165) is 35.4 Å². The summed E-state index contributed by atoms with van der Waals surface area (Å²) in [6.07, 6.45) is -2.99. The summed E-state index contributed by atoms with van der Waals surface area (Å²) in [5, 5.41) is 14.3. The molecule has 1 aromatic carbocycles. The number of hydrogen-bond donors (Lipinski definition) is 3. The van der Waals surface area contributed by atoms with E-state index in [4.69, 9.17) is 5.11 Å². The average Bonchev–Trinajstić information content (AvgIpc) is 3.08. The number of thiophene rings is 1. The fourth-order valence-electron chi connectivity index (χ4n) is 4.03. The summed E-state index contributed by atoms with van der Waals surface area (Å²) in [7, 11) is 0. The number of carboxylic acids is 1. The first-order chi connectivity index (χ1) is 15.8. The molecule has 3 N–H and O–H groups in total. The molecule has 1 aliphatic rings. The highest BCUT2D eigenvalue weighted by atomic mass is 32.1. The number of carbonyl (C=O) groups excluding carboxylic acids is 2. The van der Waals surface area contributed by atoms with Gasteiger partial charge in [0.2, 0.25) is 5.91 Å². The third kappa shape index (κ3) is 6.16. The van der Waals surface area contributed by atoms with Crippen LogP contribution in [0.4, 0.5) is 23.9 Å². The van der Waals surface area contributed by atoms with E-state index in [9.17, 15) is 27.6 Å². The molecule has 3 rings (SSSR count). The van der Waals surface area contributed by atoms with Gasteiger partial charge in [0.05, 0.1) is 17.5 Å². The number of alkyl halides is 3. The van der Waals surface area contributed by atoms with Crippen LogP contribution in [0.2, 0.25) is 0 Å². The summed E-state index contributed by atoms with van der Waals surface area (Å²) in [6, 6.07) is 4.36. The lowest BCUT2D eigenvalue weighted by molar-refractivity contribution is -0.138. The van der Waals surface area contributed by atoms with E-state index in [2.05, 4.69) is 31.4 Å². The van der Waals surface area contributed by atoms with Crippen LogP contribution in [0.15, 0.2) is 24.3 Å². The molecule has 1 heterocycles. The summed E-state index contributed by atoms with van der Waals surface area (Å²) in [4.78, 5) is 37.3. The van der Waals surface area contributed by atoms with Crippen molar-refractivity contribution in [2.24, 2.45) is 11.3 Å². The van der Waals surface area contributed by atoms with E-state index in [1.165, 1.54) is 23.5 Å². The van der Waals surface area contributed by atoms with E-state index in [-0.39, 0.29) is 29.5 Å². The lowest BCUT2D eigenvalue weighted by atomic mass is 9.72. The van der Waals surface area contributed by atoms with E-state index in [1.807, 2.05) is 0 Å². The Morgan fingerprint density at radius 2 is 1.82 bits per heavy atom. The number of hydrogen-bond acceptors (Lipinski definition) is 4. The van der Waals surface area contributed by atoms with E-state index in [0.29, 0.717) is 17.3 Å². The second-order valence-electron chi connectivity index (χ2n) is 9.49. The van der Waals surface area contributed by atoms with Crippen LogP contribution in [0.25, 0.3) is 0 Å². The van der Waals surface area contributed by atoms with Crippen molar-refractivity contribution in [2.75, 3.05) is 10.6 Å². The second-order valence-corrected chi connectivity index (χ2v) is 10.6. The minimum absolute atomic E-state index is 0.00805. The van der Waals surface area contributed by atoms with Gasteiger partial charge in [-0.05, 0) is 54.4 Å². The molecule has 0 aliphatic heterocycles. The quantitative estimate of drug-likeness (QED) is 0.459. The van der Waals surface area contributed by atoms with Gasteiger partial charge >= 0.3 is 12.1 Å². The molecule has 2 amide bonds. The Bertz CT molecular complexity index is 1100. The molecule has 0 spiro atoms. The van der Waals surface area contributed by atoms with Gasteiger partial charge in [0.15, 0.2) is 0 Å².